The number of nitrogens with zero attached hydrogens (tertiary/aromatic N) is 2. The fourth-order valence-electron chi connectivity index (χ4n) is 3.46. The second-order valence-corrected chi connectivity index (χ2v) is 7.44. The van der Waals surface area contributed by atoms with Crippen LogP contribution in [0.4, 0.5) is 4.39 Å². The smallest absolute Gasteiger partial charge is 0.261 e. The summed E-state index contributed by atoms with van der Waals surface area (Å²) in [6, 6.07) is 17.1. The SMILES string of the molecule is COc1ccc(CCn2c(-c3ccc(OC)c(F)c3)nc3ccc(Cl)cc3c2=O)cc1. The molecule has 0 unspecified atom stereocenters. The molecule has 4 rings (SSSR count). The van der Waals surface area contributed by atoms with Crippen molar-refractivity contribution in [3.63, 3.8) is 0 Å². The van der Waals surface area contributed by atoms with E-state index >= 15 is 0 Å². The summed E-state index contributed by atoms with van der Waals surface area (Å²) in [6.45, 7) is 0.365. The Bertz CT molecular complexity index is 1300. The number of hydrogen-bond acceptors (Lipinski definition) is 4. The maximum Gasteiger partial charge on any atom is 0.261 e. The Morgan fingerprint density at radius 2 is 1.77 bits per heavy atom. The van der Waals surface area contributed by atoms with Crippen LogP contribution in [0.15, 0.2) is 65.5 Å². The van der Waals surface area contributed by atoms with Gasteiger partial charge in [0.05, 0.1) is 25.1 Å². The molecule has 4 aromatic rings. The summed E-state index contributed by atoms with van der Waals surface area (Å²) in [5, 5.41) is 0.872. The van der Waals surface area contributed by atoms with Gasteiger partial charge in [0.25, 0.3) is 5.56 Å². The van der Waals surface area contributed by atoms with E-state index in [-0.39, 0.29) is 11.3 Å². The van der Waals surface area contributed by atoms with Crippen molar-refractivity contribution in [1.82, 2.24) is 9.55 Å². The van der Waals surface area contributed by atoms with Crippen LogP contribution in [-0.2, 0) is 13.0 Å². The van der Waals surface area contributed by atoms with E-state index in [2.05, 4.69) is 4.98 Å². The van der Waals surface area contributed by atoms with Gasteiger partial charge in [0, 0.05) is 17.1 Å². The number of halogens is 2. The molecule has 0 radical (unpaired) electrons. The molecule has 0 aliphatic carbocycles. The predicted molar refractivity (Wildman–Crippen MR) is 120 cm³/mol. The topological polar surface area (TPSA) is 53.4 Å². The van der Waals surface area contributed by atoms with E-state index in [1.165, 1.54) is 19.2 Å². The van der Waals surface area contributed by atoms with Gasteiger partial charge in [-0.25, -0.2) is 9.37 Å². The average Bonchev–Trinajstić information content (AvgIpc) is 2.79. The summed E-state index contributed by atoms with van der Waals surface area (Å²) in [5.74, 6) is 0.753. The fraction of sp³-hybridized carbons (Fsp3) is 0.167. The average molecular weight is 439 g/mol. The molecule has 0 aliphatic heterocycles. The number of rotatable bonds is 6. The molecule has 1 aromatic heterocycles. The minimum Gasteiger partial charge on any atom is -0.497 e. The molecule has 31 heavy (non-hydrogen) atoms. The summed E-state index contributed by atoms with van der Waals surface area (Å²) in [7, 11) is 3.02. The first kappa shape index (κ1) is 20.9. The summed E-state index contributed by atoms with van der Waals surface area (Å²) in [6.07, 6.45) is 0.587. The zero-order valence-corrected chi connectivity index (χ0v) is 17.8. The third kappa shape index (κ3) is 4.25. The van der Waals surface area contributed by atoms with Gasteiger partial charge in [-0.3, -0.25) is 9.36 Å². The van der Waals surface area contributed by atoms with Gasteiger partial charge in [-0.05, 0) is 60.5 Å². The lowest BCUT2D eigenvalue weighted by Crippen LogP contribution is -2.24. The van der Waals surface area contributed by atoms with Crippen molar-refractivity contribution in [3.8, 4) is 22.9 Å². The summed E-state index contributed by atoms with van der Waals surface area (Å²) >= 11 is 6.10. The Hall–Kier alpha value is -3.38. The largest absolute Gasteiger partial charge is 0.497 e. The highest BCUT2D eigenvalue weighted by molar-refractivity contribution is 6.31. The molecule has 0 spiro atoms. The Balaban J connectivity index is 1.82. The molecule has 0 atom stereocenters. The Labute approximate surface area is 183 Å². The second-order valence-electron chi connectivity index (χ2n) is 7.00. The van der Waals surface area contributed by atoms with Gasteiger partial charge in [0.1, 0.15) is 11.6 Å². The summed E-state index contributed by atoms with van der Waals surface area (Å²) in [5.41, 5.74) is 1.79. The highest BCUT2D eigenvalue weighted by atomic mass is 35.5. The predicted octanol–water partition coefficient (Wildman–Crippen LogP) is 5.12. The number of aryl methyl sites for hydroxylation is 1. The second kappa shape index (κ2) is 8.78. The molecule has 1 heterocycles. The number of hydrogen-bond donors (Lipinski definition) is 0. The maximum atomic E-state index is 14.4. The van der Waals surface area contributed by atoms with Gasteiger partial charge < -0.3 is 9.47 Å². The third-order valence-corrected chi connectivity index (χ3v) is 5.34. The van der Waals surface area contributed by atoms with Gasteiger partial charge in [-0.2, -0.15) is 0 Å². The van der Waals surface area contributed by atoms with Crippen LogP contribution in [0.3, 0.4) is 0 Å². The normalized spacial score (nSPS) is 11.0. The lowest BCUT2D eigenvalue weighted by atomic mass is 10.1. The molecule has 5 nitrogen and oxygen atoms in total. The van der Waals surface area contributed by atoms with Crippen molar-refractivity contribution in [3.05, 3.63) is 87.4 Å². The molecule has 0 bridgehead atoms. The number of aromatic nitrogens is 2. The van der Waals surface area contributed by atoms with Gasteiger partial charge in [0.15, 0.2) is 11.6 Å². The van der Waals surface area contributed by atoms with E-state index in [9.17, 15) is 9.18 Å². The van der Waals surface area contributed by atoms with E-state index in [0.717, 1.165) is 11.3 Å². The Morgan fingerprint density at radius 3 is 2.45 bits per heavy atom. The van der Waals surface area contributed by atoms with Gasteiger partial charge in [-0.15, -0.1) is 0 Å². The summed E-state index contributed by atoms with van der Waals surface area (Å²) in [4.78, 5) is 18.0. The number of methoxy groups -OCH3 is 2. The van der Waals surface area contributed by atoms with Crippen LogP contribution >= 0.6 is 11.6 Å². The molecule has 158 valence electrons. The van der Waals surface area contributed by atoms with Crippen molar-refractivity contribution >= 4 is 22.5 Å². The van der Waals surface area contributed by atoms with E-state index in [0.29, 0.717) is 40.3 Å². The van der Waals surface area contributed by atoms with E-state index < -0.39 is 5.82 Å². The van der Waals surface area contributed by atoms with Gasteiger partial charge in [-0.1, -0.05) is 23.7 Å². The van der Waals surface area contributed by atoms with Crippen molar-refractivity contribution in [2.24, 2.45) is 0 Å². The van der Waals surface area contributed by atoms with Crippen molar-refractivity contribution in [2.45, 2.75) is 13.0 Å². The standard InChI is InChI=1S/C24H20ClFN2O3/c1-30-18-7-3-15(4-8-18)11-12-28-23(16-5-10-22(31-2)20(26)13-16)27-21-9-6-17(25)14-19(21)24(28)29/h3-10,13-14H,11-12H2,1-2H3. The number of fused-ring (bicyclic) bond motifs is 1. The monoisotopic (exact) mass is 438 g/mol. The third-order valence-electron chi connectivity index (χ3n) is 5.11. The number of ether oxygens (including phenoxy) is 2. The molecule has 0 N–H and O–H groups in total. The van der Waals surface area contributed by atoms with Crippen molar-refractivity contribution < 1.29 is 13.9 Å². The molecule has 0 fully saturated rings. The minimum atomic E-state index is -0.521. The van der Waals surface area contributed by atoms with Crippen LogP contribution in [0.2, 0.25) is 5.02 Å². The van der Waals surface area contributed by atoms with Crippen LogP contribution < -0.4 is 15.0 Å². The first-order chi connectivity index (χ1) is 15.0. The van der Waals surface area contributed by atoms with Crippen LogP contribution in [0.5, 0.6) is 11.5 Å². The van der Waals surface area contributed by atoms with Crippen molar-refractivity contribution in [2.75, 3.05) is 14.2 Å². The number of benzene rings is 3. The van der Waals surface area contributed by atoms with Crippen LogP contribution in [0.1, 0.15) is 5.56 Å². The lowest BCUT2D eigenvalue weighted by molar-refractivity contribution is 0.386. The van der Waals surface area contributed by atoms with Crippen LogP contribution in [-0.4, -0.2) is 23.8 Å². The van der Waals surface area contributed by atoms with E-state index in [4.69, 9.17) is 21.1 Å². The van der Waals surface area contributed by atoms with Crippen LogP contribution in [0.25, 0.3) is 22.3 Å². The molecule has 0 saturated heterocycles. The lowest BCUT2D eigenvalue weighted by Gasteiger charge is -2.15. The Morgan fingerprint density at radius 1 is 1.00 bits per heavy atom. The van der Waals surface area contributed by atoms with E-state index in [1.807, 2.05) is 24.3 Å². The first-order valence-corrected chi connectivity index (χ1v) is 10.0. The minimum absolute atomic E-state index is 0.128. The van der Waals surface area contributed by atoms with Crippen LogP contribution in [0, 0.1) is 5.82 Å². The van der Waals surface area contributed by atoms with Gasteiger partial charge in [0.2, 0.25) is 0 Å². The zero-order valence-electron chi connectivity index (χ0n) is 17.1. The molecular formula is C24H20ClFN2O3. The quantitative estimate of drug-likeness (QED) is 0.419. The summed E-state index contributed by atoms with van der Waals surface area (Å²) < 4.78 is 26.2. The Kier molecular flexibility index (Phi) is 5.91. The van der Waals surface area contributed by atoms with Gasteiger partial charge >= 0.3 is 0 Å². The fourth-order valence-corrected chi connectivity index (χ4v) is 3.63. The molecule has 3 aromatic carbocycles. The maximum absolute atomic E-state index is 14.4. The van der Waals surface area contributed by atoms with Crippen molar-refractivity contribution in [1.29, 1.82) is 0 Å². The first-order valence-electron chi connectivity index (χ1n) is 9.67. The molecule has 7 heteroatoms. The highest BCUT2D eigenvalue weighted by Crippen LogP contribution is 2.26. The highest BCUT2D eigenvalue weighted by Gasteiger charge is 2.15. The molecular weight excluding hydrogens is 419 g/mol. The molecule has 0 aliphatic rings. The van der Waals surface area contributed by atoms with E-state index in [1.54, 1.807) is 35.9 Å². The molecule has 0 amide bonds. The molecule has 0 saturated carbocycles. The zero-order chi connectivity index (χ0) is 22.0.